The first kappa shape index (κ1) is 25.4. The van der Waals surface area contributed by atoms with Crippen molar-refractivity contribution in [2.24, 2.45) is 0 Å². The zero-order valence-electron chi connectivity index (χ0n) is 18.3. The molecule has 0 rings (SSSR count). The molecule has 3 heteroatoms. The number of hydrogen-bond acceptors (Lipinski definition) is 2. The monoisotopic (exact) mass is 368 g/mol. The highest BCUT2D eigenvalue weighted by Gasteiger charge is 2.09. The van der Waals surface area contributed by atoms with E-state index in [1.54, 1.807) is 0 Å². The van der Waals surface area contributed by atoms with Crippen LogP contribution in [0, 0.1) is 0 Å². The molecular weight excluding hydrogens is 320 g/mol. The van der Waals surface area contributed by atoms with Crippen LogP contribution in [-0.2, 0) is 4.79 Å². The summed E-state index contributed by atoms with van der Waals surface area (Å²) >= 11 is 0. The molecule has 0 saturated carbocycles. The van der Waals surface area contributed by atoms with Gasteiger partial charge in [-0.3, -0.25) is 10.2 Å². The first-order chi connectivity index (χ1) is 12.7. The predicted molar refractivity (Wildman–Crippen MR) is 115 cm³/mol. The number of carbonyl (C=O) groups excluding carboxylic acids is 1. The molecule has 1 amide bonds. The molecule has 0 spiro atoms. The minimum atomic E-state index is 0.220. The number of hydrazine groups is 1. The van der Waals surface area contributed by atoms with Crippen LogP contribution in [0.4, 0.5) is 0 Å². The van der Waals surface area contributed by atoms with Crippen LogP contribution in [0.15, 0.2) is 0 Å². The molecule has 0 aromatic carbocycles. The van der Waals surface area contributed by atoms with E-state index in [1.165, 1.54) is 96.3 Å². The molecule has 0 fully saturated rings. The lowest BCUT2D eigenvalue weighted by Crippen LogP contribution is -2.43. The van der Waals surface area contributed by atoms with Crippen molar-refractivity contribution in [2.45, 2.75) is 130 Å². The van der Waals surface area contributed by atoms with Crippen LogP contribution in [0.5, 0.6) is 0 Å². The molecule has 3 nitrogen and oxygen atoms in total. The summed E-state index contributed by atoms with van der Waals surface area (Å²) in [7, 11) is 0. The molecule has 0 aliphatic rings. The third-order valence-corrected chi connectivity index (χ3v) is 5.10. The molecule has 0 aliphatic heterocycles. The number of rotatable bonds is 20. The Balaban J connectivity index is 3.99. The van der Waals surface area contributed by atoms with Gasteiger partial charge in [0, 0.05) is 19.5 Å². The van der Waals surface area contributed by atoms with Gasteiger partial charge in [-0.15, -0.1) is 0 Å². The molecular formula is C23H48N2O. The van der Waals surface area contributed by atoms with Crippen LogP contribution in [0.3, 0.4) is 0 Å². The van der Waals surface area contributed by atoms with Gasteiger partial charge in [-0.1, -0.05) is 104 Å². The summed E-state index contributed by atoms with van der Waals surface area (Å²) < 4.78 is 0. The fraction of sp³-hybridized carbons (Fsp3) is 0.957. The molecule has 0 radical (unpaired) electrons. The second-order valence-corrected chi connectivity index (χ2v) is 7.87. The van der Waals surface area contributed by atoms with Crippen molar-refractivity contribution in [3.05, 3.63) is 0 Å². The van der Waals surface area contributed by atoms with Crippen LogP contribution < -0.4 is 5.43 Å². The van der Waals surface area contributed by atoms with E-state index in [0.29, 0.717) is 6.42 Å². The third-order valence-electron chi connectivity index (χ3n) is 5.10. The molecule has 0 aromatic rings. The van der Waals surface area contributed by atoms with Gasteiger partial charge in [0.15, 0.2) is 0 Å². The fourth-order valence-corrected chi connectivity index (χ4v) is 3.33. The number of nitrogens with one attached hydrogen (secondary N) is 1. The molecule has 26 heavy (non-hydrogen) atoms. The average Bonchev–Trinajstić information content (AvgIpc) is 2.64. The largest absolute Gasteiger partial charge is 0.289 e. The van der Waals surface area contributed by atoms with E-state index in [0.717, 1.165) is 19.5 Å². The third kappa shape index (κ3) is 18.2. The van der Waals surface area contributed by atoms with E-state index in [2.05, 4.69) is 31.2 Å². The summed E-state index contributed by atoms with van der Waals surface area (Å²) in [5.41, 5.74) is 3.19. The van der Waals surface area contributed by atoms with Crippen molar-refractivity contribution in [3.8, 4) is 0 Å². The van der Waals surface area contributed by atoms with E-state index in [9.17, 15) is 4.79 Å². The van der Waals surface area contributed by atoms with Gasteiger partial charge in [0.1, 0.15) is 0 Å². The molecule has 1 N–H and O–H groups in total. The van der Waals surface area contributed by atoms with Crippen molar-refractivity contribution in [2.75, 3.05) is 13.1 Å². The Morgan fingerprint density at radius 3 is 1.42 bits per heavy atom. The second kappa shape index (κ2) is 20.7. The maximum absolute atomic E-state index is 12.2. The molecule has 0 heterocycles. The molecule has 0 unspecified atom stereocenters. The van der Waals surface area contributed by atoms with Gasteiger partial charge < -0.3 is 0 Å². The Morgan fingerprint density at radius 1 is 0.577 bits per heavy atom. The topological polar surface area (TPSA) is 32.3 Å². The highest BCUT2D eigenvalue weighted by Crippen LogP contribution is 2.09. The number of carbonyl (C=O) groups is 1. The number of unbranched alkanes of at least 4 members (excludes halogenated alkanes) is 13. The molecule has 0 bridgehead atoms. The predicted octanol–water partition coefficient (Wildman–Crippen LogP) is 7.01. The minimum Gasteiger partial charge on any atom is -0.289 e. The summed E-state index contributed by atoms with van der Waals surface area (Å²) in [6, 6.07) is 0. The van der Waals surface area contributed by atoms with E-state index >= 15 is 0 Å². The standard InChI is InChI=1S/C23H48N2O/c1-4-7-10-13-15-18-21-25(22-19-16-14-11-8-5-2)24-23(26)20-17-12-9-6-3/h4-22H2,1-3H3,(H,24,26). The van der Waals surface area contributed by atoms with Crippen LogP contribution in [0.25, 0.3) is 0 Å². The van der Waals surface area contributed by atoms with Crippen molar-refractivity contribution >= 4 is 5.91 Å². The van der Waals surface area contributed by atoms with Crippen LogP contribution >= 0.6 is 0 Å². The molecule has 156 valence electrons. The summed E-state index contributed by atoms with van der Waals surface area (Å²) in [6.07, 6.45) is 21.1. The lowest BCUT2D eigenvalue weighted by atomic mass is 10.1. The first-order valence-corrected chi connectivity index (χ1v) is 11.8. The van der Waals surface area contributed by atoms with Gasteiger partial charge in [0.05, 0.1) is 0 Å². The Hall–Kier alpha value is -0.570. The van der Waals surface area contributed by atoms with Crippen molar-refractivity contribution < 1.29 is 4.79 Å². The Labute approximate surface area is 164 Å². The summed E-state index contributed by atoms with van der Waals surface area (Å²) in [6.45, 7) is 8.77. The molecule has 0 atom stereocenters. The van der Waals surface area contributed by atoms with E-state index in [4.69, 9.17) is 0 Å². The van der Waals surface area contributed by atoms with E-state index < -0.39 is 0 Å². The maximum atomic E-state index is 12.2. The Kier molecular flexibility index (Phi) is 20.3. The zero-order valence-corrected chi connectivity index (χ0v) is 18.3. The summed E-state index contributed by atoms with van der Waals surface area (Å²) in [5, 5.41) is 2.21. The minimum absolute atomic E-state index is 0.220. The number of hydrogen-bond donors (Lipinski definition) is 1. The zero-order chi connectivity index (χ0) is 19.3. The Morgan fingerprint density at radius 2 is 0.962 bits per heavy atom. The van der Waals surface area contributed by atoms with E-state index in [1.807, 2.05) is 0 Å². The first-order valence-electron chi connectivity index (χ1n) is 11.8. The number of nitrogens with zero attached hydrogens (tertiary/aromatic N) is 1. The van der Waals surface area contributed by atoms with Gasteiger partial charge in [0.25, 0.3) is 0 Å². The van der Waals surface area contributed by atoms with Crippen molar-refractivity contribution in [1.29, 1.82) is 0 Å². The average molecular weight is 369 g/mol. The summed E-state index contributed by atoms with van der Waals surface area (Å²) in [5.74, 6) is 0.220. The van der Waals surface area contributed by atoms with Crippen molar-refractivity contribution in [1.82, 2.24) is 10.4 Å². The number of amides is 1. The highest BCUT2D eigenvalue weighted by atomic mass is 16.2. The van der Waals surface area contributed by atoms with Crippen LogP contribution in [-0.4, -0.2) is 24.0 Å². The van der Waals surface area contributed by atoms with Crippen molar-refractivity contribution in [3.63, 3.8) is 0 Å². The van der Waals surface area contributed by atoms with E-state index in [-0.39, 0.29) is 5.91 Å². The lowest BCUT2D eigenvalue weighted by Gasteiger charge is -2.23. The van der Waals surface area contributed by atoms with Gasteiger partial charge in [-0.25, -0.2) is 5.01 Å². The fourth-order valence-electron chi connectivity index (χ4n) is 3.33. The van der Waals surface area contributed by atoms with Gasteiger partial charge in [-0.2, -0.15) is 0 Å². The SMILES string of the molecule is CCCCCCCCN(CCCCCCCC)NC(=O)CCCCCC. The lowest BCUT2D eigenvalue weighted by molar-refractivity contribution is -0.126. The van der Waals surface area contributed by atoms with Gasteiger partial charge >= 0.3 is 0 Å². The quantitative estimate of drug-likeness (QED) is 0.185. The van der Waals surface area contributed by atoms with Gasteiger partial charge in [-0.05, 0) is 19.3 Å². The highest BCUT2D eigenvalue weighted by molar-refractivity contribution is 5.75. The van der Waals surface area contributed by atoms with Gasteiger partial charge in [0.2, 0.25) is 5.91 Å². The molecule has 0 aliphatic carbocycles. The normalized spacial score (nSPS) is 11.2. The van der Waals surface area contributed by atoms with Crippen LogP contribution in [0.2, 0.25) is 0 Å². The second-order valence-electron chi connectivity index (χ2n) is 7.87. The maximum Gasteiger partial charge on any atom is 0.234 e. The Bertz CT molecular complexity index is 278. The van der Waals surface area contributed by atoms with Crippen LogP contribution in [0.1, 0.15) is 130 Å². The summed E-state index contributed by atoms with van der Waals surface area (Å²) in [4.78, 5) is 12.2. The molecule has 0 saturated heterocycles. The smallest absolute Gasteiger partial charge is 0.234 e. The molecule has 0 aromatic heterocycles.